The summed E-state index contributed by atoms with van der Waals surface area (Å²) in [4.78, 5) is 14.2. The molecule has 20 heavy (non-hydrogen) atoms. The summed E-state index contributed by atoms with van der Waals surface area (Å²) >= 11 is 0. The molecule has 1 amide bonds. The maximum atomic E-state index is 11.8. The van der Waals surface area contributed by atoms with E-state index in [0.717, 1.165) is 39.1 Å². The summed E-state index contributed by atoms with van der Waals surface area (Å²) in [5.74, 6) is 0.912. The molecule has 0 radical (unpaired) electrons. The van der Waals surface area contributed by atoms with Gasteiger partial charge in [-0.15, -0.1) is 24.8 Å². The van der Waals surface area contributed by atoms with Crippen LogP contribution in [0.4, 0.5) is 0 Å². The Morgan fingerprint density at radius 3 is 2.50 bits per heavy atom. The molecule has 1 saturated heterocycles. The molecule has 122 valence electrons. The number of amides is 1. The first-order valence-corrected chi connectivity index (χ1v) is 7.38. The van der Waals surface area contributed by atoms with Crippen LogP contribution >= 0.6 is 24.8 Å². The minimum Gasteiger partial charge on any atom is -0.352 e. The lowest BCUT2D eigenvalue weighted by atomic mass is 10.0. The SMILES string of the molecule is CCN(CC)CC(C)NC(=O)CCC1CCNC1.Cl.Cl. The van der Waals surface area contributed by atoms with E-state index in [-0.39, 0.29) is 36.8 Å². The molecular weight excluding hydrogens is 297 g/mol. The van der Waals surface area contributed by atoms with Gasteiger partial charge in [0, 0.05) is 19.0 Å². The van der Waals surface area contributed by atoms with Crippen LogP contribution in [0.5, 0.6) is 0 Å². The highest BCUT2D eigenvalue weighted by atomic mass is 35.5. The highest BCUT2D eigenvalue weighted by molar-refractivity contribution is 5.85. The molecule has 6 heteroatoms. The second kappa shape index (κ2) is 12.7. The lowest BCUT2D eigenvalue weighted by molar-refractivity contribution is -0.122. The van der Waals surface area contributed by atoms with E-state index in [4.69, 9.17) is 0 Å². The molecule has 0 aromatic carbocycles. The molecule has 0 bridgehead atoms. The van der Waals surface area contributed by atoms with Crippen molar-refractivity contribution in [1.82, 2.24) is 15.5 Å². The first kappa shape index (κ1) is 22.3. The third kappa shape index (κ3) is 9.01. The van der Waals surface area contributed by atoms with Gasteiger partial charge in [-0.25, -0.2) is 0 Å². The summed E-state index contributed by atoms with van der Waals surface area (Å²) in [5.41, 5.74) is 0. The molecule has 0 aromatic heterocycles. The quantitative estimate of drug-likeness (QED) is 0.717. The maximum Gasteiger partial charge on any atom is 0.220 e. The van der Waals surface area contributed by atoms with Crippen molar-refractivity contribution in [1.29, 1.82) is 0 Å². The Hall–Kier alpha value is -0.0300. The monoisotopic (exact) mass is 327 g/mol. The molecule has 0 aromatic rings. The lowest BCUT2D eigenvalue weighted by Gasteiger charge is -2.23. The highest BCUT2D eigenvalue weighted by Gasteiger charge is 2.16. The fourth-order valence-electron chi connectivity index (χ4n) is 2.56. The predicted octanol–water partition coefficient (Wildman–Crippen LogP) is 2.07. The van der Waals surface area contributed by atoms with Gasteiger partial charge in [0.05, 0.1) is 0 Å². The van der Waals surface area contributed by atoms with Gasteiger partial charge >= 0.3 is 0 Å². The van der Waals surface area contributed by atoms with Crippen molar-refractivity contribution in [2.75, 3.05) is 32.7 Å². The number of hydrogen-bond donors (Lipinski definition) is 2. The zero-order chi connectivity index (χ0) is 13.4. The van der Waals surface area contributed by atoms with E-state index in [1.807, 2.05) is 0 Å². The van der Waals surface area contributed by atoms with E-state index in [0.29, 0.717) is 12.3 Å². The molecule has 2 atom stereocenters. The molecule has 1 aliphatic heterocycles. The van der Waals surface area contributed by atoms with Crippen molar-refractivity contribution in [2.45, 2.75) is 46.1 Å². The summed E-state index contributed by atoms with van der Waals surface area (Å²) in [5, 5.41) is 6.44. The predicted molar refractivity (Wildman–Crippen MR) is 90.1 cm³/mol. The largest absolute Gasteiger partial charge is 0.352 e. The van der Waals surface area contributed by atoms with E-state index >= 15 is 0 Å². The molecule has 0 saturated carbocycles. The van der Waals surface area contributed by atoms with Gasteiger partial charge < -0.3 is 15.5 Å². The standard InChI is InChI=1S/C14H29N3O.2ClH/c1-4-17(5-2)11-12(3)16-14(18)7-6-13-8-9-15-10-13;;/h12-13,15H,4-11H2,1-3H3,(H,16,18);2*1H. The summed E-state index contributed by atoms with van der Waals surface area (Å²) in [7, 11) is 0. The van der Waals surface area contributed by atoms with Crippen LogP contribution in [-0.2, 0) is 4.79 Å². The number of likely N-dealkylation sites (N-methyl/N-ethyl adjacent to an activating group) is 1. The van der Waals surface area contributed by atoms with Gasteiger partial charge in [-0.1, -0.05) is 13.8 Å². The van der Waals surface area contributed by atoms with Crippen molar-refractivity contribution < 1.29 is 4.79 Å². The van der Waals surface area contributed by atoms with Gasteiger partial charge in [0.2, 0.25) is 5.91 Å². The Balaban J connectivity index is 0. The van der Waals surface area contributed by atoms with Crippen LogP contribution in [0.25, 0.3) is 0 Å². The highest BCUT2D eigenvalue weighted by Crippen LogP contribution is 2.13. The van der Waals surface area contributed by atoms with E-state index in [9.17, 15) is 4.79 Å². The van der Waals surface area contributed by atoms with Gasteiger partial charge in [0.25, 0.3) is 0 Å². The van der Waals surface area contributed by atoms with Crippen molar-refractivity contribution in [3.63, 3.8) is 0 Å². The van der Waals surface area contributed by atoms with Crippen molar-refractivity contribution in [3.05, 3.63) is 0 Å². The van der Waals surface area contributed by atoms with Gasteiger partial charge in [0.15, 0.2) is 0 Å². The second-order valence-corrected chi connectivity index (χ2v) is 5.35. The first-order valence-electron chi connectivity index (χ1n) is 7.38. The van der Waals surface area contributed by atoms with Gasteiger partial charge in [-0.05, 0) is 51.9 Å². The molecule has 0 spiro atoms. The van der Waals surface area contributed by atoms with Crippen molar-refractivity contribution in [3.8, 4) is 0 Å². The topological polar surface area (TPSA) is 44.4 Å². The maximum absolute atomic E-state index is 11.8. The zero-order valence-corrected chi connectivity index (χ0v) is 14.6. The number of nitrogens with zero attached hydrogens (tertiary/aromatic N) is 1. The summed E-state index contributed by atoms with van der Waals surface area (Å²) in [6, 6.07) is 0.249. The van der Waals surface area contributed by atoms with Crippen molar-refractivity contribution in [2.24, 2.45) is 5.92 Å². The zero-order valence-electron chi connectivity index (χ0n) is 13.0. The summed E-state index contributed by atoms with van der Waals surface area (Å²) < 4.78 is 0. The number of rotatable bonds is 8. The third-order valence-electron chi connectivity index (χ3n) is 3.78. The van der Waals surface area contributed by atoms with Crippen LogP contribution in [0.2, 0.25) is 0 Å². The Morgan fingerprint density at radius 2 is 2.00 bits per heavy atom. The fraction of sp³-hybridized carbons (Fsp3) is 0.929. The molecule has 1 fully saturated rings. The van der Waals surface area contributed by atoms with E-state index in [1.165, 1.54) is 6.42 Å². The Bertz CT molecular complexity index is 245. The summed E-state index contributed by atoms with van der Waals surface area (Å²) in [6.07, 6.45) is 2.92. The average Bonchev–Trinajstić information content (AvgIpc) is 2.86. The minimum atomic E-state index is 0. The molecule has 1 aliphatic rings. The van der Waals surface area contributed by atoms with Crippen molar-refractivity contribution >= 4 is 30.7 Å². The molecule has 0 aliphatic carbocycles. The summed E-state index contributed by atoms with van der Waals surface area (Å²) in [6.45, 7) is 11.6. The molecular formula is C14H31Cl2N3O. The number of nitrogens with one attached hydrogen (secondary N) is 2. The van der Waals surface area contributed by atoms with Gasteiger partial charge in [0.1, 0.15) is 0 Å². The van der Waals surface area contributed by atoms with Crippen LogP contribution in [0, 0.1) is 5.92 Å². The van der Waals surface area contributed by atoms with E-state index in [1.54, 1.807) is 0 Å². The van der Waals surface area contributed by atoms with Crippen LogP contribution in [0.1, 0.15) is 40.0 Å². The molecule has 1 rings (SSSR count). The third-order valence-corrected chi connectivity index (χ3v) is 3.78. The smallest absolute Gasteiger partial charge is 0.220 e. The minimum absolute atomic E-state index is 0. The number of carbonyl (C=O) groups excluding carboxylic acids is 1. The molecule has 2 unspecified atom stereocenters. The Labute approximate surface area is 136 Å². The Kier molecular flexibility index (Phi) is 14.1. The number of carbonyl (C=O) groups is 1. The normalized spacial score (nSPS) is 19.1. The van der Waals surface area contributed by atoms with E-state index < -0.39 is 0 Å². The van der Waals surface area contributed by atoms with Gasteiger partial charge in [-0.2, -0.15) is 0 Å². The van der Waals surface area contributed by atoms with Crippen LogP contribution in [0.15, 0.2) is 0 Å². The number of halogens is 2. The fourth-order valence-corrected chi connectivity index (χ4v) is 2.56. The van der Waals surface area contributed by atoms with E-state index in [2.05, 4.69) is 36.3 Å². The molecule has 2 N–H and O–H groups in total. The number of hydrogen-bond acceptors (Lipinski definition) is 3. The molecule has 1 heterocycles. The first-order chi connectivity index (χ1) is 8.65. The van der Waals surface area contributed by atoms with Crippen LogP contribution < -0.4 is 10.6 Å². The average molecular weight is 328 g/mol. The Morgan fingerprint density at radius 1 is 1.35 bits per heavy atom. The van der Waals surface area contributed by atoms with Gasteiger partial charge in [-0.3, -0.25) is 4.79 Å². The lowest BCUT2D eigenvalue weighted by Crippen LogP contribution is -2.42. The van der Waals surface area contributed by atoms with Crippen LogP contribution in [0.3, 0.4) is 0 Å². The van der Waals surface area contributed by atoms with Crippen LogP contribution in [-0.4, -0.2) is 49.6 Å². The second-order valence-electron chi connectivity index (χ2n) is 5.35. The molecule has 4 nitrogen and oxygen atoms in total.